The van der Waals surface area contributed by atoms with Crippen molar-refractivity contribution in [2.24, 2.45) is 5.73 Å². The number of likely N-dealkylation sites (tertiary alicyclic amines) is 1. The third-order valence-corrected chi connectivity index (χ3v) is 6.09. The molecule has 1 saturated heterocycles. The number of carbonyl (C=O) groups excluding carboxylic acids is 2. The quantitative estimate of drug-likeness (QED) is 0.444. The Morgan fingerprint density at radius 1 is 1.17 bits per heavy atom. The highest BCUT2D eigenvalue weighted by Gasteiger charge is 2.32. The number of nitrogens with two attached hydrogens (primary N) is 1. The summed E-state index contributed by atoms with van der Waals surface area (Å²) in [6, 6.07) is 6.77. The maximum Gasteiger partial charge on any atom is 0.314 e. The number of rotatable bonds is 8. The van der Waals surface area contributed by atoms with Gasteiger partial charge in [0.25, 0.3) is 5.89 Å². The molecule has 0 saturated carbocycles. The third kappa shape index (κ3) is 5.49. The van der Waals surface area contributed by atoms with E-state index in [1.165, 1.54) is 29.2 Å². The fourth-order valence-corrected chi connectivity index (χ4v) is 4.17. The van der Waals surface area contributed by atoms with Crippen LogP contribution in [0.2, 0.25) is 5.02 Å². The van der Waals surface area contributed by atoms with Gasteiger partial charge in [-0.3, -0.25) is 14.5 Å². The minimum absolute atomic E-state index is 0.0639. The molecular formula is C23H20ClF4N5O3. The molecule has 2 N–H and O–H groups in total. The van der Waals surface area contributed by atoms with Gasteiger partial charge in [-0.2, -0.15) is 8.78 Å². The highest BCUT2D eigenvalue weighted by molar-refractivity contribution is 6.31. The third-order valence-electron chi connectivity index (χ3n) is 5.80. The van der Waals surface area contributed by atoms with Crippen LogP contribution in [0, 0.1) is 11.6 Å². The van der Waals surface area contributed by atoms with Crippen LogP contribution in [0.4, 0.5) is 23.2 Å². The predicted octanol–water partition coefficient (Wildman–Crippen LogP) is 4.09. The molecule has 1 unspecified atom stereocenters. The second-order valence-corrected chi connectivity index (χ2v) is 8.57. The van der Waals surface area contributed by atoms with Crippen LogP contribution in [0.25, 0.3) is 11.5 Å². The normalized spacial score (nSPS) is 16.0. The number of primary amides is 1. The summed E-state index contributed by atoms with van der Waals surface area (Å²) in [4.78, 5) is 27.9. The van der Waals surface area contributed by atoms with Crippen molar-refractivity contribution in [3.63, 3.8) is 0 Å². The molecule has 190 valence electrons. The van der Waals surface area contributed by atoms with Crippen molar-refractivity contribution >= 4 is 29.1 Å². The minimum atomic E-state index is -2.97. The SMILES string of the molecule is NC(=O)C1CCCN1CC(=O)N(Cc1ccc(-c2nnc(C(F)F)o2)cc1F)c1ccc(F)c(Cl)c1. The molecular weight excluding hydrogens is 506 g/mol. The van der Waals surface area contributed by atoms with Gasteiger partial charge in [0, 0.05) is 16.8 Å². The Labute approximate surface area is 207 Å². The van der Waals surface area contributed by atoms with E-state index in [0.717, 1.165) is 12.1 Å². The molecule has 2 aromatic carbocycles. The molecule has 1 atom stereocenters. The Morgan fingerprint density at radius 2 is 1.94 bits per heavy atom. The molecule has 1 aliphatic heterocycles. The van der Waals surface area contributed by atoms with Crippen molar-refractivity contribution < 1.29 is 31.6 Å². The highest BCUT2D eigenvalue weighted by Crippen LogP contribution is 2.28. The number of carbonyl (C=O) groups is 2. The second-order valence-electron chi connectivity index (χ2n) is 8.16. The van der Waals surface area contributed by atoms with Gasteiger partial charge in [0.1, 0.15) is 11.6 Å². The van der Waals surface area contributed by atoms with Crippen molar-refractivity contribution in [2.45, 2.75) is 31.9 Å². The minimum Gasteiger partial charge on any atom is -0.415 e. The van der Waals surface area contributed by atoms with Gasteiger partial charge < -0.3 is 15.1 Å². The lowest BCUT2D eigenvalue weighted by Crippen LogP contribution is -2.46. The Hall–Kier alpha value is -3.51. The van der Waals surface area contributed by atoms with E-state index >= 15 is 4.39 Å². The van der Waals surface area contributed by atoms with E-state index in [-0.39, 0.29) is 40.8 Å². The number of nitrogens with zero attached hydrogens (tertiary/aromatic N) is 4. The summed E-state index contributed by atoms with van der Waals surface area (Å²) >= 11 is 5.91. The van der Waals surface area contributed by atoms with Gasteiger partial charge in [-0.1, -0.05) is 17.7 Å². The summed E-state index contributed by atoms with van der Waals surface area (Å²) in [6.07, 6.45) is -1.77. The van der Waals surface area contributed by atoms with Crippen molar-refractivity contribution in [2.75, 3.05) is 18.0 Å². The van der Waals surface area contributed by atoms with Crippen molar-refractivity contribution in [3.8, 4) is 11.5 Å². The zero-order valence-corrected chi connectivity index (χ0v) is 19.4. The molecule has 1 aromatic heterocycles. The standard InChI is InChI=1S/C23H20ClF4N5O3/c24-15-9-14(5-6-16(15)25)33(19(34)11-32-7-1-2-18(32)21(29)35)10-13-4-3-12(8-17(13)26)22-30-31-23(36-22)20(27)28/h3-6,8-9,18,20H,1-2,7,10-11H2,(H2,29,35). The Morgan fingerprint density at radius 3 is 2.58 bits per heavy atom. The van der Waals surface area contributed by atoms with Crippen LogP contribution in [-0.2, 0) is 16.1 Å². The Kier molecular flexibility index (Phi) is 7.55. The monoisotopic (exact) mass is 525 g/mol. The smallest absolute Gasteiger partial charge is 0.314 e. The number of hydrogen-bond acceptors (Lipinski definition) is 6. The average Bonchev–Trinajstić information content (AvgIpc) is 3.50. The Balaban J connectivity index is 1.61. The molecule has 2 amide bonds. The lowest BCUT2D eigenvalue weighted by atomic mass is 10.1. The van der Waals surface area contributed by atoms with Crippen LogP contribution in [0.3, 0.4) is 0 Å². The molecule has 13 heteroatoms. The lowest BCUT2D eigenvalue weighted by molar-refractivity contribution is -0.124. The first-order valence-electron chi connectivity index (χ1n) is 10.8. The van der Waals surface area contributed by atoms with Crippen molar-refractivity contribution in [1.29, 1.82) is 0 Å². The average molecular weight is 526 g/mol. The molecule has 1 aliphatic rings. The first-order valence-corrected chi connectivity index (χ1v) is 11.2. The van der Waals surface area contributed by atoms with E-state index in [1.54, 1.807) is 4.90 Å². The molecule has 0 radical (unpaired) electrons. The second kappa shape index (κ2) is 10.6. The maximum atomic E-state index is 15.0. The van der Waals surface area contributed by atoms with Gasteiger partial charge in [0.15, 0.2) is 0 Å². The van der Waals surface area contributed by atoms with Crippen LogP contribution in [-0.4, -0.2) is 46.0 Å². The summed E-state index contributed by atoms with van der Waals surface area (Å²) in [6.45, 7) is 0.0278. The first kappa shape index (κ1) is 25.6. The molecule has 1 fully saturated rings. The van der Waals surface area contributed by atoms with Gasteiger partial charge in [0.2, 0.25) is 17.7 Å². The molecule has 0 bridgehead atoms. The number of amides is 2. The fraction of sp³-hybridized carbons (Fsp3) is 0.304. The van der Waals surface area contributed by atoms with Gasteiger partial charge >= 0.3 is 6.43 Å². The molecule has 0 spiro atoms. The largest absolute Gasteiger partial charge is 0.415 e. The number of anilines is 1. The summed E-state index contributed by atoms with van der Waals surface area (Å²) in [5.74, 6) is -3.69. The molecule has 8 nitrogen and oxygen atoms in total. The summed E-state index contributed by atoms with van der Waals surface area (Å²) < 4.78 is 59.1. The number of aromatic nitrogens is 2. The van der Waals surface area contributed by atoms with Gasteiger partial charge in [-0.25, -0.2) is 8.78 Å². The molecule has 36 heavy (non-hydrogen) atoms. The summed E-state index contributed by atoms with van der Waals surface area (Å²) in [5, 5.41) is 6.47. The van der Waals surface area contributed by atoms with E-state index in [2.05, 4.69) is 10.2 Å². The van der Waals surface area contributed by atoms with E-state index in [9.17, 15) is 22.8 Å². The predicted molar refractivity (Wildman–Crippen MR) is 121 cm³/mol. The van der Waals surface area contributed by atoms with Gasteiger partial charge in [-0.15, -0.1) is 10.2 Å². The topological polar surface area (TPSA) is 106 Å². The zero-order chi connectivity index (χ0) is 26.0. The molecule has 2 heterocycles. The van der Waals surface area contributed by atoms with Crippen LogP contribution in [0.1, 0.15) is 30.7 Å². The molecule has 4 rings (SSSR count). The Bertz CT molecular complexity index is 1290. The maximum absolute atomic E-state index is 15.0. The van der Waals surface area contributed by atoms with Crippen LogP contribution in [0.5, 0.6) is 0 Å². The summed E-state index contributed by atoms with van der Waals surface area (Å²) in [7, 11) is 0. The van der Waals surface area contributed by atoms with Crippen LogP contribution in [0.15, 0.2) is 40.8 Å². The van der Waals surface area contributed by atoms with E-state index < -0.39 is 41.8 Å². The van der Waals surface area contributed by atoms with E-state index in [1.807, 2.05) is 0 Å². The van der Waals surface area contributed by atoms with Gasteiger partial charge in [0.05, 0.1) is 24.2 Å². The number of alkyl halides is 2. The van der Waals surface area contributed by atoms with Crippen LogP contribution >= 0.6 is 11.6 Å². The first-order chi connectivity index (χ1) is 17.1. The van der Waals surface area contributed by atoms with Crippen molar-refractivity contribution in [1.82, 2.24) is 15.1 Å². The van der Waals surface area contributed by atoms with Gasteiger partial charge in [-0.05, 0) is 49.7 Å². The number of halogens is 5. The number of hydrogen-bond donors (Lipinski definition) is 1. The van der Waals surface area contributed by atoms with E-state index in [0.29, 0.717) is 19.4 Å². The van der Waals surface area contributed by atoms with Crippen LogP contribution < -0.4 is 10.6 Å². The highest BCUT2D eigenvalue weighted by atomic mass is 35.5. The lowest BCUT2D eigenvalue weighted by Gasteiger charge is -2.28. The zero-order valence-electron chi connectivity index (χ0n) is 18.6. The van der Waals surface area contributed by atoms with E-state index in [4.69, 9.17) is 21.8 Å². The fourth-order valence-electron chi connectivity index (χ4n) is 3.99. The van der Waals surface area contributed by atoms with Crippen molar-refractivity contribution in [3.05, 3.63) is 64.5 Å². The summed E-state index contributed by atoms with van der Waals surface area (Å²) in [5.41, 5.74) is 5.78. The number of benzene rings is 2. The molecule has 0 aliphatic carbocycles. The molecule has 3 aromatic rings.